The first-order valence-electron chi connectivity index (χ1n) is 10.8. The number of hydrogen-bond acceptors (Lipinski definition) is 5. The molecule has 0 bridgehead atoms. The van der Waals surface area contributed by atoms with Crippen LogP contribution in [0.3, 0.4) is 0 Å². The highest BCUT2D eigenvalue weighted by atomic mass is 16.5. The van der Waals surface area contributed by atoms with Crippen LogP contribution in [0.15, 0.2) is 30.3 Å². The topological polar surface area (TPSA) is 82.1 Å². The van der Waals surface area contributed by atoms with E-state index in [9.17, 15) is 14.7 Å². The van der Waals surface area contributed by atoms with Crippen LogP contribution >= 0.6 is 0 Å². The molecule has 3 rings (SSSR count). The summed E-state index contributed by atoms with van der Waals surface area (Å²) in [6.07, 6.45) is 5.15. The molecule has 1 unspecified atom stereocenters. The third kappa shape index (κ3) is 5.01. The molecule has 1 N–H and O–H groups in total. The molecule has 1 heterocycles. The van der Waals surface area contributed by atoms with Gasteiger partial charge in [0, 0.05) is 17.5 Å². The van der Waals surface area contributed by atoms with Crippen LogP contribution in [0.25, 0.3) is 0 Å². The molecule has 0 aliphatic carbocycles. The molecular formula is C25H30O6. The van der Waals surface area contributed by atoms with Crippen LogP contribution in [0.2, 0.25) is 0 Å². The number of ether oxygens (including phenoxy) is 3. The molecule has 6 heteroatoms. The summed E-state index contributed by atoms with van der Waals surface area (Å²) in [6, 6.07) is 8.79. The van der Waals surface area contributed by atoms with Gasteiger partial charge in [0.1, 0.15) is 22.8 Å². The maximum Gasteiger partial charge on any atom is 0.310 e. The zero-order valence-corrected chi connectivity index (χ0v) is 18.4. The Kier molecular flexibility index (Phi) is 7.55. The Hall–Kier alpha value is -3.02. The lowest BCUT2D eigenvalue weighted by molar-refractivity contribution is -0.138. The summed E-state index contributed by atoms with van der Waals surface area (Å²) in [7, 11) is 1.45. The van der Waals surface area contributed by atoms with Gasteiger partial charge in [0.25, 0.3) is 0 Å². The minimum atomic E-state index is -0.976. The van der Waals surface area contributed by atoms with Crippen molar-refractivity contribution in [1.29, 1.82) is 0 Å². The predicted molar refractivity (Wildman–Crippen MR) is 118 cm³/mol. The number of hydrogen-bond donors (Lipinski definition) is 1. The van der Waals surface area contributed by atoms with Gasteiger partial charge in [-0.3, -0.25) is 9.59 Å². The Morgan fingerprint density at radius 2 is 1.90 bits per heavy atom. The Morgan fingerprint density at radius 3 is 2.55 bits per heavy atom. The lowest BCUT2D eigenvalue weighted by atomic mass is 9.90. The second kappa shape index (κ2) is 10.3. The van der Waals surface area contributed by atoms with Gasteiger partial charge in [0.2, 0.25) is 5.78 Å². The molecule has 0 radical (unpaired) electrons. The minimum absolute atomic E-state index is 0.260. The molecule has 0 saturated carbocycles. The van der Waals surface area contributed by atoms with Crippen molar-refractivity contribution in [3.63, 3.8) is 0 Å². The summed E-state index contributed by atoms with van der Waals surface area (Å²) in [5, 5.41) is 9.51. The fourth-order valence-electron chi connectivity index (χ4n) is 3.79. The third-order valence-electron chi connectivity index (χ3n) is 5.61. The van der Waals surface area contributed by atoms with Gasteiger partial charge in [-0.15, -0.1) is 0 Å². The highest BCUT2D eigenvalue weighted by Gasteiger charge is 2.31. The maximum absolute atomic E-state index is 13.4. The highest BCUT2D eigenvalue weighted by molar-refractivity contribution is 6.13. The molecule has 6 nitrogen and oxygen atoms in total. The van der Waals surface area contributed by atoms with Crippen LogP contribution in [0.1, 0.15) is 72.5 Å². The average molecular weight is 427 g/mol. The molecule has 2 aromatic rings. The lowest BCUT2D eigenvalue weighted by Gasteiger charge is -2.19. The van der Waals surface area contributed by atoms with E-state index >= 15 is 0 Å². The summed E-state index contributed by atoms with van der Waals surface area (Å²) in [6.45, 7) is 4.86. The van der Waals surface area contributed by atoms with E-state index in [4.69, 9.17) is 14.2 Å². The van der Waals surface area contributed by atoms with Crippen LogP contribution in [0, 0.1) is 0 Å². The van der Waals surface area contributed by atoms with Crippen LogP contribution in [0.5, 0.6) is 17.2 Å². The molecule has 31 heavy (non-hydrogen) atoms. The van der Waals surface area contributed by atoms with Crippen molar-refractivity contribution < 1.29 is 28.9 Å². The number of benzene rings is 2. The second-order valence-electron chi connectivity index (χ2n) is 7.78. The van der Waals surface area contributed by atoms with Gasteiger partial charge in [0.15, 0.2) is 0 Å². The van der Waals surface area contributed by atoms with Gasteiger partial charge in [-0.05, 0) is 49.2 Å². The van der Waals surface area contributed by atoms with E-state index in [0.29, 0.717) is 36.5 Å². The summed E-state index contributed by atoms with van der Waals surface area (Å²) in [5.41, 5.74) is 2.07. The number of carboxylic acid groups (broad SMARTS) is 1. The minimum Gasteiger partial charge on any atom is -0.496 e. The smallest absolute Gasteiger partial charge is 0.310 e. The first-order chi connectivity index (χ1) is 15.0. The number of carbonyl (C=O) groups excluding carboxylic acids is 1. The van der Waals surface area contributed by atoms with Gasteiger partial charge in [-0.1, -0.05) is 26.2 Å². The first-order valence-corrected chi connectivity index (χ1v) is 10.8. The number of carbonyl (C=O) groups is 2. The van der Waals surface area contributed by atoms with E-state index < -0.39 is 11.9 Å². The number of carboxylic acids is 1. The van der Waals surface area contributed by atoms with Crippen molar-refractivity contribution in [2.75, 3.05) is 20.3 Å². The number of rotatable bonds is 11. The molecule has 166 valence electrons. The quantitative estimate of drug-likeness (QED) is 0.402. The zero-order chi connectivity index (χ0) is 22.4. The van der Waals surface area contributed by atoms with Gasteiger partial charge >= 0.3 is 5.97 Å². The Bertz CT molecular complexity index is 932. The highest BCUT2D eigenvalue weighted by Crippen LogP contribution is 2.43. The van der Waals surface area contributed by atoms with Crippen molar-refractivity contribution in [1.82, 2.24) is 0 Å². The molecule has 1 aliphatic rings. The molecule has 1 atom stereocenters. The maximum atomic E-state index is 13.4. The normalized spacial score (nSPS) is 13.3. The van der Waals surface area contributed by atoms with Gasteiger partial charge < -0.3 is 19.3 Å². The van der Waals surface area contributed by atoms with E-state index in [1.54, 1.807) is 37.3 Å². The summed E-state index contributed by atoms with van der Waals surface area (Å²) >= 11 is 0. The lowest BCUT2D eigenvalue weighted by Crippen LogP contribution is -2.13. The summed E-state index contributed by atoms with van der Waals surface area (Å²) in [5.74, 6) is -0.582. The van der Waals surface area contributed by atoms with E-state index in [1.807, 2.05) is 0 Å². The molecular weight excluding hydrogens is 396 g/mol. The predicted octanol–water partition coefficient (Wildman–Crippen LogP) is 5.01. The van der Waals surface area contributed by atoms with Crippen molar-refractivity contribution in [2.24, 2.45) is 0 Å². The Labute approximate surface area is 183 Å². The van der Waals surface area contributed by atoms with Crippen molar-refractivity contribution in [3.05, 3.63) is 52.6 Å². The number of fused-ring (bicyclic) bond motifs is 1. The Balaban J connectivity index is 1.88. The number of aliphatic carboxylic acids is 1. The van der Waals surface area contributed by atoms with Gasteiger partial charge in [0.05, 0.1) is 26.2 Å². The van der Waals surface area contributed by atoms with Crippen LogP contribution in [-0.4, -0.2) is 37.2 Å². The molecule has 0 fully saturated rings. The molecule has 0 amide bonds. The largest absolute Gasteiger partial charge is 0.496 e. The van der Waals surface area contributed by atoms with Crippen LogP contribution in [-0.2, 0) is 11.2 Å². The molecule has 0 aromatic heterocycles. The summed E-state index contributed by atoms with van der Waals surface area (Å²) < 4.78 is 17.0. The number of methoxy groups -OCH3 is 1. The third-order valence-corrected chi connectivity index (χ3v) is 5.61. The average Bonchev–Trinajstić information content (AvgIpc) is 3.25. The van der Waals surface area contributed by atoms with Crippen molar-refractivity contribution in [3.8, 4) is 17.2 Å². The SMILES string of the molecule is CCCCCCOc1ccc(C(=O)c2c3c(cc(C(C)C(=O)O)c2OC)CCO3)cc1. The van der Waals surface area contributed by atoms with E-state index in [0.717, 1.165) is 24.2 Å². The molecule has 1 aliphatic heterocycles. The van der Waals surface area contributed by atoms with Crippen molar-refractivity contribution in [2.45, 2.75) is 51.9 Å². The number of unbranched alkanes of at least 4 members (excludes halogenated alkanes) is 3. The molecule has 0 spiro atoms. The van der Waals surface area contributed by atoms with E-state index in [1.165, 1.54) is 20.0 Å². The number of ketones is 1. The monoisotopic (exact) mass is 426 g/mol. The molecule has 2 aromatic carbocycles. The fraction of sp³-hybridized carbons (Fsp3) is 0.440. The zero-order valence-electron chi connectivity index (χ0n) is 18.4. The van der Waals surface area contributed by atoms with Crippen molar-refractivity contribution >= 4 is 11.8 Å². The first kappa shape index (κ1) is 22.7. The molecule has 0 saturated heterocycles. The van der Waals surface area contributed by atoms with Gasteiger partial charge in [-0.25, -0.2) is 0 Å². The standard InChI is InChI=1S/C25H30O6/c1-4-5-6-7-13-30-19-10-8-17(9-11-19)22(26)21-23-18(12-14-31-23)15-20(24(21)29-3)16(2)25(27)28/h8-11,15-16H,4-7,12-14H2,1-3H3,(H,27,28). The van der Waals surface area contributed by atoms with Gasteiger partial charge in [-0.2, -0.15) is 0 Å². The summed E-state index contributed by atoms with van der Waals surface area (Å²) in [4.78, 5) is 25.0. The van der Waals surface area contributed by atoms with E-state index in [-0.39, 0.29) is 17.1 Å². The fourth-order valence-corrected chi connectivity index (χ4v) is 3.79. The van der Waals surface area contributed by atoms with Crippen LogP contribution in [0.4, 0.5) is 0 Å². The van der Waals surface area contributed by atoms with E-state index in [2.05, 4.69) is 6.92 Å². The second-order valence-corrected chi connectivity index (χ2v) is 7.78. The Morgan fingerprint density at radius 1 is 1.16 bits per heavy atom. The van der Waals surface area contributed by atoms with Crippen LogP contribution < -0.4 is 14.2 Å².